The number of aliphatic hydroxyl groups is 2. The van der Waals surface area contributed by atoms with E-state index in [9.17, 15) is 14.7 Å². The Kier molecular flexibility index (Phi) is 5.24. The SMILES string of the molecule is Cn1c(=O)n(C2CCC(=O)NC2O)c2ccc(CCCCCO)cc21. The van der Waals surface area contributed by atoms with E-state index >= 15 is 0 Å². The maximum absolute atomic E-state index is 12.7. The molecule has 1 aliphatic heterocycles. The van der Waals surface area contributed by atoms with E-state index < -0.39 is 12.3 Å². The number of carbonyl (C=O) groups excluding carboxylic acids is 1. The highest BCUT2D eigenvalue weighted by Gasteiger charge is 2.31. The highest BCUT2D eigenvalue weighted by Crippen LogP contribution is 2.25. The van der Waals surface area contributed by atoms with Crippen LogP contribution in [0.15, 0.2) is 23.0 Å². The summed E-state index contributed by atoms with van der Waals surface area (Å²) < 4.78 is 3.19. The van der Waals surface area contributed by atoms with Crippen molar-refractivity contribution in [1.82, 2.24) is 14.5 Å². The number of benzene rings is 1. The molecule has 7 heteroatoms. The Balaban J connectivity index is 1.91. The highest BCUT2D eigenvalue weighted by atomic mass is 16.3. The summed E-state index contributed by atoms with van der Waals surface area (Å²) in [4.78, 5) is 24.1. The van der Waals surface area contributed by atoms with E-state index in [-0.39, 0.29) is 18.2 Å². The first-order chi connectivity index (χ1) is 12.0. The normalized spacial score (nSPS) is 20.8. The zero-order valence-corrected chi connectivity index (χ0v) is 14.4. The van der Waals surface area contributed by atoms with Crippen molar-refractivity contribution in [3.63, 3.8) is 0 Å². The molecule has 1 aromatic carbocycles. The van der Waals surface area contributed by atoms with Crippen molar-refractivity contribution in [2.45, 2.75) is 50.8 Å². The molecule has 0 aliphatic carbocycles. The second-order valence-electron chi connectivity index (χ2n) is 6.69. The van der Waals surface area contributed by atoms with Crippen LogP contribution in [0.3, 0.4) is 0 Å². The number of aromatic nitrogens is 2. The van der Waals surface area contributed by atoms with Gasteiger partial charge in [0.1, 0.15) is 6.23 Å². The Morgan fingerprint density at radius 3 is 2.72 bits per heavy atom. The Morgan fingerprint density at radius 2 is 2.00 bits per heavy atom. The van der Waals surface area contributed by atoms with Crippen molar-refractivity contribution in [2.75, 3.05) is 6.61 Å². The number of piperidine rings is 1. The van der Waals surface area contributed by atoms with E-state index in [4.69, 9.17) is 5.11 Å². The average molecular weight is 347 g/mol. The molecule has 136 valence electrons. The molecule has 1 aromatic heterocycles. The molecule has 3 rings (SSSR count). The number of imidazole rings is 1. The van der Waals surface area contributed by atoms with Gasteiger partial charge in [0.15, 0.2) is 0 Å². The van der Waals surface area contributed by atoms with Gasteiger partial charge in [0, 0.05) is 20.1 Å². The molecule has 1 fully saturated rings. The van der Waals surface area contributed by atoms with Gasteiger partial charge in [0.05, 0.1) is 17.1 Å². The first-order valence-electron chi connectivity index (χ1n) is 8.81. The third-order valence-electron chi connectivity index (χ3n) is 4.95. The molecular weight excluding hydrogens is 322 g/mol. The van der Waals surface area contributed by atoms with Gasteiger partial charge in [0.25, 0.3) is 0 Å². The Hall–Kier alpha value is -2.12. The highest BCUT2D eigenvalue weighted by molar-refractivity contribution is 5.79. The summed E-state index contributed by atoms with van der Waals surface area (Å²) >= 11 is 0. The molecule has 1 saturated heterocycles. The topological polar surface area (TPSA) is 96.5 Å². The fourth-order valence-corrected chi connectivity index (χ4v) is 3.54. The van der Waals surface area contributed by atoms with Crippen LogP contribution in [0, 0.1) is 0 Å². The van der Waals surface area contributed by atoms with Crippen LogP contribution in [-0.2, 0) is 18.3 Å². The minimum atomic E-state index is -1.05. The van der Waals surface area contributed by atoms with Gasteiger partial charge in [0.2, 0.25) is 5.91 Å². The Morgan fingerprint density at radius 1 is 1.20 bits per heavy atom. The third-order valence-corrected chi connectivity index (χ3v) is 4.95. The van der Waals surface area contributed by atoms with E-state index in [0.717, 1.165) is 42.3 Å². The Labute approximate surface area is 145 Å². The van der Waals surface area contributed by atoms with Crippen molar-refractivity contribution in [3.8, 4) is 0 Å². The average Bonchev–Trinajstić information content (AvgIpc) is 2.83. The lowest BCUT2D eigenvalue weighted by molar-refractivity contribution is -0.128. The van der Waals surface area contributed by atoms with Crippen LogP contribution >= 0.6 is 0 Å². The van der Waals surface area contributed by atoms with Gasteiger partial charge in [-0.15, -0.1) is 0 Å². The first-order valence-corrected chi connectivity index (χ1v) is 8.81. The molecule has 0 spiro atoms. The third kappa shape index (κ3) is 3.48. The standard InChI is InChI=1S/C18H25N3O4/c1-20-15-11-12(5-3-2-4-10-22)6-7-13(15)21(18(20)25)14-8-9-16(23)19-17(14)24/h6-7,11,14,17,22,24H,2-5,8-10H2,1H3,(H,19,23). The molecular formula is C18H25N3O4. The van der Waals surface area contributed by atoms with Crippen molar-refractivity contribution >= 4 is 16.9 Å². The number of nitrogens with zero attached hydrogens (tertiary/aromatic N) is 2. The maximum Gasteiger partial charge on any atom is 0.329 e. The zero-order chi connectivity index (χ0) is 18.0. The second kappa shape index (κ2) is 7.41. The summed E-state index contributed by atoms with van der Waals surface area (Å²) in [6.45, 7) is 0.219. The molecule has 3 N–H and O–H groups in total. The number of rotatable bonds is 6. The molecule has 0 bridgehead atoms. The van der Waals surface area contributed by atoms with Gasteiger partial charge in [-0.05, 0) is 43.4 Å². The molecule has 1 aliphatic rings. The smallest absolute Gasteiger partial charge is 0.329 e. The van der Waals surface area contributed by atoms with Crippen LogP contribution in [0.25, 0.3) is 11.0 Å². The second-order valence-corrected chi connectivity index (χ2v) is 6.69. The lowest BCUT2D eigenvalue weighted by atomic mass is 10.0. The van der Waals surface area contributed by atoms with Crippen LogP contribution in [0.1, 0.15) is 43.7 Å². The summed E-state index contributed by atoms with van der Waals surface area (Å²) in [6.07, 6.45) is 3.36. The molecule has 25 heavy (non-hydrogen) atoms. The molecule has 1 amide bonds. The van der Waals surface area contributed by atoms with Gasteiger partial charge >= 0.3 is 5.69 Å². The predicted molar refractivity (Wildman–Crippen MR) is 94.2 cm³/mol. The molecule has 2 unspecified atom stereocenters. The number of nitrogens with one attached hydrogen (secondary N) is 1. The fourth-order valence-electron chi connectivity index (χ4n) is 3.54. The van der Waals surface area contributed by atoms with Gasteiger partial charge in [-0.3, -0.25) is 13.9 Å². The van der Waals surface area contributed by atoms with Gasteiger partial charge in [-0.2, -0.15) is 0 Å². The lowest BCUT2D eigenvalue weighted by Crippen LogP contribution is -2.47. The van der Waals surface area contributed by atoms with Gasteiger partial charge in [-0.1, -0.05) is 12.5 Å². The number of unbranched alkanes of at least 4 members (excludes halogenated alkanes) is 2. The van der Waals surface area contributed by atoms with Crippen molar-refractivity contribution in [3.05, 3.63) is 34.2 Å². The number of hydrogen-bond donors (Lipinski definition) is 3. The molecule has 7 nitrogen and oxygen atoms in total. The molecule has 0 radical (unpaired) electrons. The van der Waals surface area contributed by atoms with Crippen molar-refractivity contribution < 1.29 is 15.0 Å². The summed E-state index contributed by atoms with van der Waals surface area (Å²) in [5.41, 5.74) is 2.56. The zero-order valence-electron chi connectivity index (χ0n) is 14.4. The Bertz CT molecular complexity index is 824. The van der Waals surface area contributed by atoms with Crippen molar-refractivity contribution in [1.29, 1.82) is 0 Å². The molecule has 2 aromatic rings. The summed E-state index contributed by atoms with van der Waals surface area (Å²) in [5.74, 6) is -0.192. The molecule has 2 heterocycles. The van der Waals surface area contributed by atoms with E-state index in [1.807, 2.05) is 18.2 Å². The van der Waals surface area contributed by atoms with Gasteiger partial charge < -0.3 is 15.5 Å². The minimum Gasteiger partial charge on any atom is -0.396 e. The lowest BCUT2D eigenvalue weighted by Gasteiger charge is -2.29. The first kappa shape index (κ1) is 17.7. The summed E-state index contributed by atoms with van der Waals surface area (Å²) in [7, 11) is 1.73. The van der Waals surface area contributed by atoms with E-state index in [2.05, 4.69) is 5.32 Å². The van der Waals surface area contributed by atoms with Gasteiger partial charge in [-0.25, -0.2) is 4.79 Å². The molecule has 2 atom stereocenters. The van der Waals surface area contributed by atoms with Crippen LogP contribution in [-0.4, -0.2) is 38.1 Å². The molecule has 0 saturated carbocycles. The van der Waals surface area contributed by atoms with E-state index in [1.165, 1.54) is 0 Å². The minimum absolute atomic E-state index is 0.187. The summed E-state index contributed by atoms with van der Waals surface area (Å²) in [5, 5.41) is 21.5. The summed E-state index contributed by atoms with van der Waals surface area (Å²) in [6, 6.07) is 5.48. The number of aliphatic hydroxyl groups excluding tert-OH is 2. The van der Waals surface area contributed by atoms with Crippen LogP contribution in [0.5, 0.6) is 0 Å². The number of aryl methyl sites for hydroxylation is 2. The van der Waals surface area contributed by atoms with Crippen molar-refractivity contribution in [2.24, 2.45) is 7.05 Å². The number of hydrogen-bond acceptors (Lipinski definition) is 4. The van der Waals surface area contributed by atoms with Crippen LogP contribution < -0.4 is 11.0 Å². The maximum atomic E-state index is 12.7. The van der Waals surface area contributed by atoms with E-state index in [1.54, 1.807) is 16.2 Å². The largest absolute Gasteiger partial charge is 0.396 e. The van der Waals surface area contributed by atoms with Crippen LogP contribution in [0.4, 0.5) is 0 Å². The monoisotopic (exact) mass is 347 g/mol. The fraction of sp³-hybridized carbons (Fsp3) is 0.556. The van der Waals surface area contributed by atoms with E-state index in [0.29, 0.717) is 12.8 Å². The quantitative estimate of drug-likeness (QED) is 0.674. The number of carbonyl (C=O) groups is 1. The van der Waals surface area contributed by atoms with Crippen LogP contribution in [0.2, 0.25) is 0 Å². The number of fused-ring (bicyclic) bond motifs is 1. The number of amides is 1. The predicted octanol–water partition coefficient (Wildman–Crippen LogP) is 0.815.